The van der Waals surface area contributed by atoms with Crippen LogP contribution in [0.15, 0.2) is 29.8 Å². The summed E-state index contributed by atoms with van der Waals surface area (Å²) in [5, 5.41) is 10.3. The third kappa shape index (κ3) is 3.68. The van der Waals surface area contributed by atoms with Crippen LogP contribution in [0.4, 0.5) is 4.39 Å². The Morgan fingerprint density at radius 3 is 2.71 bits per heavy atom. The first-order valence-electron chi connectivity index (χ1n) is 6.80. The fraction of sp³-hybridized carbons (Fsp3) is 0.357. The highest BCUT2D eigenvalue weighted by Gasteiger charge is 2.49. The molecule has 0 saturated carbocycles. The monoisotopic (exact) mass is 441 g/mol. The third-order valence-corrected chi connectivity index (χ3v) is 5.62. The first kappa shape index (κ1) is 19.0. The van der Waals surface area contributed by atoms with Crippen LogP contribution in [0.25, 0.3) is 0 Å². The fourth-order valence-corrected chi connectivity index (χ4v) is 3.93. The summed E-state index contributed by atoms with van der Waals surface area (Å²) in [6.45, 7) is 1.30. The first-order chi connectivity index (χ1) is 11.1. The number of hydrogen-bond acceptors (Lipinski definition) is 5. The molecule has 1 heterocycles. The molecule has 0 amide bonds. The highest BCUT2D eigenvalue weighted by Crippen LogP contribution is 2.38. The smallest absolute Gasteiger partial charge is 0.250 e. The summed E-state index contributed by atoms with van der Waals surface area (Å²) < 4.78 is 44.8. The number of hydrogen-bond donors (Lipinski definition) is 2. The number of ether oxygens (including phenoxy) is 1. The standard InChI is InChI=1S/C14H14BrClFNO5S/c1-14(8-3-4-9(16)10(17)7-8)12(20)11(19)13(23-14)18-24(21,22)6-2-5-15/h3-4,7,18-19H,2,5-6H2,1H3. The molecule has 6 nitrogen and oxygen atoms in total. The third-order valence-electron chi connectivity index (χ3n) is 3.43. The van der Waals surface area contributed by atoms with Crippen molar-refractivity contribution in [3.05, 3.63) is 46.2 Å². The van der Waals surface area contributed by atoms with Crippen LogP contribution < -0.4 is 4.72 Å². The molecule has 0 bridgehead atoms. The highest BCUT2D eigenvalue weighted by molar-refractivity contribution is 9.09. The van der Waals surface area contributed by atoms with Crippen LogP contribution in [0.5, 0.6) is 0 Å². The molecule has 1 aliphatic heterocycles. The lowest BCUT2D eigenvalue weighted by atomic mass is 9.91. The Balaban J connectivity index is 2.30. The molecule has 1 aromatic rings. The topological polar surface area (TPSA) is 92.7 Å². The van der Waals surface area contributed by atoms with E-state index in [2.05, 4.69) is 15.9 Å². The van der Waals surface area contributed by atoms with Gasteiger partial charge in [0.2, 0.25) is 21.7 Å². The number of rotatable bonds is 6. The van der Waals surface area contributed by atoms with E-state index < -0.39 is 38.9 Å². The minimum absolute atomic E-state index is 0.0932. The average molecular weight is 443 g/mol. The van der Waals surface area contributed by atoms with Gasteiger partial charge in [0.15, 0.2) is 5.60 Å². The number of aliphatic hydroxyl groups is 1. The number of ketones is 1. The molecule has 0 fully saturated rings. The second kappa shape index (κ2) is 6.89. The van der Waals surface area contributed by atoms with Crippen molar-refractivity contribution in [1.29, 1.82) is 0 Å². The van der Waals surface area contributed by atoms with E-state index >= 15 is 0 Å². The lowest BCUT2D eigenvalue weighted by molar-refractivity contribution is -0.131. The van der Waals surface area contributed by atoms with Crippen molar-refractivity contribution in [2.24, 2.45) is 0 Å². The maximum absolute atomic E-state index is 13.6. The quantitative estimate of drug-likeness (QED) is 0.661. The van der Waals surface area contributed by atoms with Gasteiger partial charge in [-0.15, -0.1) is 0 Å². The molecule has 10 heteroatoms. The van der Waals surface area contributed by atoms with Gasteiger partial charge in [0, 0.05) is 10.9 Å². The largest absolute Gasteiger partial charge is 0.501 e. The van der Waals surface area contributed by atoms with Gasteiger partial charge in [-0.2, -0.15) is 0 Å². The zero-order chi connectivity index (χ0) is 18.1. The number of benzene rings is 1. The lowest BCUT2D eigenvalue weighted by Gasteiger charge is -2.23. The van der Waals surface area contributed by atoms with E-state index in [1.54, 1.807) is 0 Å². The van der Waals surface area contributed by atoms with Gasteiger partial charge < -0.3 is 9.84 Å². The van der Waals surface area contributed by atoms with E-state index in [0.717, 1.165) is 6.07 Å². The van der Waals surface area contributed by atoms with Gasteiger partial charge in [0.05, 0.1) is 10.8 Å². The van der Waals surface area contributed by atoms with Gasteiger partial charge >= 0.3 is 0 Å². The molecule has 0 saturated heterocycles. The number of sulfonamides is 1. The molecule has 1 atom stereocenters. The predicted molar refractivity (Wildman–Crippen MR) is 89.8 cm³/mol. The van der Waals surface area contributed by atoms with Crippen LogP contribution in [0.1, 0.15) is 18.9 Å². The number of nitrogens with one attached hydrogen (secondary N) is 1. The van der Waals surface area contributed by atoms with E-state index in [0.29, 0.717) is 11.8 Å². The Hall–Kier alpha value is -1.32. The van der Waals surface area contributed by atoms with Gasteiger partial charge in [-0.3, -0.25) is 9.52 Å². The molecular weight excluding hydrogens is 429 g/mol. The summed E-state index contributed by atoms with van der Waals surface area (Å²) >= 11 is 8.72. The first-order valence-corrected chi connectivity index (χ1v) is 9.95. The summed E-state index contributed by atoms with van der Waals surface area (Å²) in [4.78, 5) is 12.3. The maximum atomic E-state index is 13.6. The summed E-state index contributed by atoms with van der Waals surface area (Å²) in [5.74, 6) is -3.32. The van der Waals surface area contributed by atoms with Gasteiger partial charge in [-0.25, -0.2) is 12.8 Å². The molecule has 24 heavy (non-hydrogen) atoms. The van der Waals surface area contributed by atoms with Crippen LogP contribution in [-0.4, -0.2) is 30.4 Å². The van der Waals surface area contributed by atoms with Crippen LogP contribution in [0.3, 0.4) is 0 Å². The molecule has 0 radical (unpaired) electrons. The number of alkyl halides is 1. The van der Waals surface area contributed by atoms with Crippen molar-refractivity contribution in [3.63, 3.8) is 0 Å². The van der Waals surface area contributed by atoms with E-state index in [1.807, 2.05) is 4.72 Å². The summed E-state index contributed by atoms with van der Waals surface area (Å²) in [6, 6.07) is 3.60. The molecule has 0 aliphatic carbocycles. The fourth-order valence-electron chi connectivity index (χ4n) is 2.12. The zero-order valence-corrected chi connectivity index (χ0v) is 15.6. The zero-order valence-electron chi connectivity index (χ0n) is 12.5. The summed E-state index contributed by atoms with van der Waals surface area (Å²) in [7, 11) is -3.80. The molecule has 2 N–H and O–H groups in total. The molecule has 132 valence electrons. The van der Waals surface area contributed by atoms with Crippen molar-refractivity contribution >= 4 is 43.3 Å². The SMILES string of the molecule is CC1(c2ccc(Cl)c(F)c2)OC(NS(=O)(=O)CCCBr)=C(O)C1=O. The van der Waals surface area contributed by atoms with Gasteiger partial charge in [0.25, 0.3) is 5.78 Å². The van der Waals surface area contributed by atoms with Crippen molar-refractivity contribution in [2.75, 3.05) is 11.1 Å². The predicted octanol–water partition coefficient (Wildman–Crippen LogP) is 2.73. The Labute approximate surface area is 151 Å². The van der Waals surface area contributed by atoms with Crippen LogP contribution in [0.2, 0.25) is 5.02 Å². The van der Waals surface area contributed by atoms with Crippen molar-refractivity contribution in [1.82, 2.24) is 4.72 Å². The Bertz CT molecular complexity index is 813. The number of aliphatic hydroxyl groups excluding tert-OH is 1. The average Bonchev–Trinajstić information content (AvgIpc) is 2.72. The summed E-state index contributed by atoms with van der Waals surface area (Å²) in [5.41, 5.74) is -1.67. The number of Topliss-reactive ketones (excluding diaryl/α,β-unsaturated/α-hetero) is 1. The van der Waals surface area contributed by atoms with E-state index in [4.69, 9.17) is 16.3 Å². The minimum atomic E-state index is -3.80. The van der Waals surface area contributed by atoms with Gasteiger partial charge in [0.1, 0.15) is 5.82 Å². The molecule has 1 aromatic carbocycles. The van der Waals surface area contributed by atoms with Gasteiger partial charge in [-0.1, -0.05) is 33.6 Å². The second-order valence-corrected chi connectivity index (χ2v) is 8.28. The molecular formula is C14H14BrClFNO5S. The van der Waals surface area contributed by atoms with E-state index in [-0.39, 0.29) is 16.3 Å². The minimum Gasteiger partial charge on any atom is -0.501 e. The second-order valence-electron chi connectivity index (χ2n) is 5.23. The number of carbonyl (C=O) groups excluding carboxylic acids is 1. The Morgan fingerprint density at radius 1 is 1.46 bits per heavy atom. The Kier molecular flexibility index (Phi) is 5.46. The maximum Gasteiger partial charge on any atom is 0.250 e. The van der Waals surface area contributed by atoms with Crippen molar-refractivity contribution in [2.45, 2.75) is 18.9 Å². The van der Waals surface area contributed by atoms with Crippen LogP contribution in [-0.2, 0) is 25.2 Å². The highest BCUT2D eigenvalue weighted by atomic mass is 79.9. The number of carbonyl (C=O) groups is 1. The number of halogens is 3. The molecule has 1 unspecified atom stereocenters. The van der Waals surface area contributed by atoms with E-state index in [1.165, 1.54) is 19.1 Å². The molecule has 0 spiro atoms. The normalized spacial score (nSPS) is 21.1. The molecule has 1 aliphatic rings. The summed E-state index contributed by atoms with van der Waals surface area (Å²) in [6.07, 6.45) is 0.330. The van der Waals surface area contributed by atoms with Crippen molar-refractivity contribution < 1.29 is 27.4 Å². The molecule has 0 aromatic heterocycles. The lowest BCUT2D eigenvalue weighted by Crippen LogP contribution is -2.33. The Morgan fingerprint density at radius 2 is 2.12 bits per heavy atom. The molecule has 2 rings (SSSR count). The van der Waals surface area contributed by atoms with E-state index in [9.17, 15) is 22.7 Å². The van der Waals surface area contributed by atoms with Crippen molar-refractivity contribution in [3.8, 4) is 0 Å². The van der Waals surface area contributed by atoms with Gasteiger partial charge in [-0.05, 0) is 25.5 Å². The van der Waals surface area contributed by atoms with Crippen LogP contribution >= 0.6 is 27.5 Å². The van der Waals surface area contributed by atoms with Crippen LogP contribution in [0, 0.1) is 5.82 Å².